The van der Waals surface area contributed by atoms with E-state index < -0.39 is 5.25 Å². The van der Waals surface area contributed by atoms with Gasteiger partial charge in [-0.15, -0.1) is 0 Å². The van der Waals surface area contributed by atoms with Crippen LogP contribution in [0.1, 0.15) is 60.9 Å². The first-order valence-corrected chi connectivity index (χ1v) is 12.4. The van der Waals surface area contributed by atoms with Crippen LogP contribution in [0.5, 0.6) is 0 Å². The number of anilines is 2. The van der Waals surface area contributed by atoms with E-state index in [1.54, 1.807) is 0 Å². The molecule has 1 aromatic heterocycles. The standard InChI is InChI=1S/C28H29N5OS/c1-6-24(27(34)32-23-9-7-8-17(4)18(23)5)35-28-22(15-30)25(21(14-29)26(31)33-28)20-12-10-19(11-13-20)16(2)3/h7-13,16,24H,6H2,1-5H3,(H2,31,33)(H,32,34). The SMILES string of the molecule is CCC(Sc1nc(N)c(C#N)c(-c2ccc(C(C)C)cc2)c1C#N)C(=O)Nc1cccc(C)c1C. The molecule has 0 bridgehead atoms. The van der Waals surface area contributed by atoms with Gasteiger partial charge in [-0.05, 0) is 54.5 Å². The molecule has 1 unspecified atom stereocenters. The second-order valence-corrected chi connectivity index (χ2v) is 9.87. The van der Waals surface area contributed by atoms with Crippen LogP contribution in [-0.4, -0.2) is 16.1 Å². The van der Waals surface area contributed by atoms with Crippen LogP contribution in [0.4, 0.5) is 11.5 Å². The smallest absolute Gasteiger partial charge is 0.237 e. The van der Waals surface area contributed by atoms with Crippen LogP contribution in [0, 0.1) is 36.5 Å². The average Bonchev–Trinajstić information content (AvgIpc) is 2.84. The number of nitrogens with one attached hydrogen (secondary N) is 1. The van der Waals surface area contributed by atoms with Gasteiger partial charge in [0.1, 0.15) is 28.5 Å². The Hall–Kier alpha value is -3.81. The molecule has 178 valence electrons. The Morgan fingerprint density at radius 1 is 1.09 bits per heavy atom. The molecule has 0 saturated heterocycles. The summed E-state index contributed by atoms with van der Waals surface area (Å²) in [6.07, 6.45) is 0.520. The topological polar surface area (TPSA) is 116 Å². The molecule has 2 aromatic carbocycles. The molecule has 0 aliphatic carbocycles. The molecule has 3 rings (SSSR count). The lowest BCUT2D eigenvalue weighted by atomic mass is 9.94. The molecule has 35 heavy (non-hydrogen) atoms. The fourth-order valence-electron chi connectivity index (χ4n) is 3.76. The van der Waals surface area contributed by atoms with Crippen LogP contribution < -0.4 is 11.1 Å². The lowest BCUT2D eigenvalue weighted by molar-refractivity contribution is -0.115. The Morgan fingerprint density at radius 3 is 2.31 bits per heavy atom. The minimum absolute atomic E-state index is 0.0433. The van der Waals surface area contributed by atoms with Gasteiger partial charge in [0.2, 0.25) is 5.91 Å². The summed E-state index contributed by atoms with van der Waals surface area (Å²) in [5.74, 6) is 0.216. The monoisotopic (exact) mass is 483 g/mol. The number of nitriles is 2. The summed E-state index contributed by atoms with van der Waals surface area (Å²) in [4.78, 5) is 17.5. The number of hydrogen-bond donors (Lipinski definition) is 2. The number of nitrogens with zero attached hydrogens (tertiary/aromatic N) is 3. The summed E-state index contributed by atoms with van der Waals surface area (Å²) < 4.78 is 0. The first kappa shape index (κ1) is 25.8. The van der Waals surface area contributed by atoms with Gasteiger partial charge < -0.3 is 11.1 Å². The van der Waals surface area contributed by atoms with E-state index in [1.165, 1.54) is 11.8 Å². The fraction of sp³-hybridized carbons (Fsp3) is 0.286. The summed E-state index contributed by atoms with van der Waals surface area (Å²) in [5, 5.41) is 22.7. The zero-order valence-electron chi connectivity index (χ0n) is 20.6. The number of thioether (sulfide) groups is 1. The van der Waals surface area contributed by atoms with Crippen molar-refractivity contribution in [1.82, 2.24) is 4.98 Å². The van der Waals surface area contributed by atoms with E-state index in [0.29, 0.717) is 28.5 Å². The van der Waals surface area contributed by atoms with E-state index in [-0.39, 0.29) is 22.9 Å². The molecule has 0 spiro atoms. The number of pyridine rings is 1. The molecule has 1 atom stereocenters. The van der Waals surface area contributed by atoms with Crippen LogP contribution in [-0.2, 0) is 4.79 Å². The quantitative estimate of drug-likeness (QED) is 0.380. The van der Waals surface area contributed by atoms with Gasteiger partial charge in [-0.3, -0.25) is 4.79 Å². The molecule has 6 nitrogen and oxygen atoms in total. The van der Waals surface area contributed by atoms with E-state index in [9.17, 15) is 15.3 Å². The van der Waals surface area contributed by atoms with Gasteiger partial charge in [0.15, 0.2) is 0 Å². The normalized spacial score (nSPS) is 11.5. The van der Waals surface area contributed by atoms with Crippen molar-refractivity contribution in [2.45, 2.75) is 57.2 Å². The molecule has 7 heteroatoms. The number of hydrogen-bond acceptors (Lipinski definition) is 6. The molecular formula is C28H29N5OS. The number of rotatable bonds is 7. The van der Waals surface area contributed by atoms with E-state index in [1.807, 2.05) is 63.2 Å². The van der Waals surface area contributed by atoms with E-state index in [0.717, 1.165) is 22.4 Å². The number of nitrogen functional groups attached to an aromatic ring is 1. The number of aromatic nitrogens is 1. The van der Waals surface area contributed by atoms with Gasteiger partial charge in [-0.25, -0.2) is 4.98 Å². The third-order valence-electron chi connectivity index (χ3n) is 6.06. The van der Waals surface area contributed by atoms with Crippen molar-refractivity contribution in [3.05, 3.63) is 70.3 Å². The predicted octanol–water partition coefficient (Wildman–Crippen LogP) is 6.32. The second-order valence-electron chi connectivity index (χ2n) is 8.68. The van der Waals surface area contributed by atoms with Gasteiger partial charge in [-0.2, -0.15) is 10.5 Å². The Kier molecular flexibility index (Phi) is 8.17. The molecule has 0 fully saturated rings. The lowest BCUT2D eigenvalue weighted by Crippen LogP contribution is -2.25. The number of benzene rings is 2. The first-order valence-electron chi connectivity index (χ1n) is 11.5. The lowest BCUT2D eigenvalue weighted by Gasteiger charge is -2.18. The highest BCUT2D eigenvalue weighted by Crippen LogP contribution is 2.38. The van der Waals surface area contributed by atoms with Crippen molar-refractivity contribution < 1.29 is 4.79 Å². The van der Waals surface area contributed by atoms with Gasteiger partial charge in [-0.1, -0.05) is 68.9 Å². The van der Waals surface area contributed by atoms with E-state index in [2.05, 4.69) is 36.3 Å². The van der Waals surface area contributed by atoms with E-state index in [4.69, 9.17) is 5.73 Å². The van der Waals surface area contributed by atoms with Gasteiger partial charge in [0.25, 0.3) is 0 Å². The molecule has 0 aliphatic rings. The average molecular weight is 484 g/mol. The zero-order valence-corrected chi connectivity index (χ0v) is 21.5. The van der Waals surface area contributed by atoms with E-state index >= 15 is 0 Å². The second kappa shape index (κ2) is 11.1. The Balaban J connectivity index is 2.02. The highest BCUT2D eigenvalue weighted by molar-refractivity contribution is 8.00. The molecule has 1 amide bonds. The maximum absolute atomic E-state index is 13.1. The maximum atomic E-state index is 13.1. The number of carbonyl (C=O) groups excluding carboxylic acids is 1. The third-order valence-corrected chi connectivity index (χ3v) is 7.41. The minimum Gasteiger partial charge on any atom is -0.383 e. The molecule has 3 aromatic rings. The summed E-state index contributed by atoms with van der Waals surface area (Å²) in [7, 11) is 0. The van der Waals surface area contributed by atoms with Gasteiger partial charge in [0, 0.05) is 11.3 Å². The molecule has 0 saturated carbocycles. The van der Waals surface area contributed by atoms with Crippen molar-refractivity contribution in [2.24, 2.45) is 0 Å². The van der Waals surface area contributed by atoms with Crippen LogP contribution in [0.2, 0.25) is 0 Å². The van der Waals surface area contributed by atoms with Crippen LogP contribution in [0.25, 0.3) is 11.1 Å². The number of carbonyl (C=O) groups is 1. The minimum atomic E-state index is -0.502. The van der Waals surface area contributed by atoms with Gasteiger partial charge >= 0.3 is 0 Å². The Labute approximate surface area is 211 Å². The number of nitrogens with two attached hydrogens (primary N) is 1. The zero-order chi connectivity index (χ0) is 25.7. The van der Waals surface area contributed by atoms with Crippen molar-refractivity contribution in [3.63, 3.8) is 0 Å². The van der Waals surface area contributed by atoms with Crippen molar-refractivity contribution >= 4 is 29.2 Å². The summed E-state index contributed by atoms with van der Waals surface area (Å²) >= 11 is 1.19. The fourth-order valence-corrected chi connectivity index (χ4v) is 4.78. The molecule has 0 radical (unpaired) electrons. The molecule has 1 heterocycles. The highest BCUT2D eigenvalue weighted by atomic mass is 32.2. The maximum Gasteiger partial charge on any atom is 0.237 e. The van der Waals surface area contributed by atoms with Gasteiger partial charge in [0.05, 0.1) is 10.8 Å². The van der Waals surface area contributed by atoms with Crippen molar-refractivity contribution in [3.8, 4) is 23.3 Å². The largest absolute Gasteiger partial charge is 0.383 e. The third kappa shape index (κ3) is 5.48. The summed E-state index contributed by atoms with van der Waals surface area (Å²) in [5.41, 5.74) is 11.7. The van der Waals surface area contributed by atoms with Crippen LogP contribution in [0.3, 0.4) is 0 Å². The molecular weight excluding hydrogens is 454 g/mol. The number of aryl methyl sites for hydroxylation is 1. The first-order chi connectivity index (χ1) is 16.7. The summed E-state index contributed by atoms with van der Waals surface area (Å²) in [6, 6.07) is 17.8. The molecule has 3 N–H and O–H groups in total. The van der Waals surface area contributed by atoms with Crippen molar-refractivity contribution in [2.75, 3.05) is 11.1 Å². The van der Waals surface area contributed by atoms with Crippen LogP contribution >= 0.6 is 11.8 Å². The Morgan fingerprint density at radius 2 is 1.74 bits per heavy atom. The number of amides is 1. The van der Waals surface area contributed by atoms with Crippen molar-refractivity contribution in [1.29, 1.82) is 10.5 Å². The predicted molar refractivity (Wildman–Crippen MR) is 142 cm³/mol. The Bertz CT molecular complexity index is 1330. The summed E-state index contributed by atoms with van der Waals surface area (Å²) in [6.45, 7) is 10.1. The molecule has 0 aliphatic heterocycles. The highest BCUT2D eigenvalue weighted by Gasteiger charge is 2.26. The van der Waals surface area contributed by atoms with Crippen LogP contribution in [0.15, 0.2) is 47.5 Å².